The lowest BCUT2D eigenvalue weighted by atomic mass is 10.1. The third kappa shape index (κ3) is 5.87. The summed E-state index contributed by atoms with van der Waals surface area (Å²) in [7, 11) is 0. The summed E-state index contributed by atoms with van der Waals surface area (Å²) in [5, 5.41) is 10.4. The van der Waals surface area contributed by atoms with E-state index < -0.39 is 0 Å². The van der Waals surface area contributed by atoms with Gasteiger partial charge in [-0.1, -0.05) is 24.4 Å². The van der Waals surface area contributed by atoms with Crippen molar-refractivity contribution in [2.75, 3.05) is 51.1 Å². The minimum Gasteiger partial charge on any atom is -0.368 e. The van der Waals surface area contributed by atoms with Crippen LogP contribution in [-0.4, -0.2) is 65.4 Å². The van der Waals surface area contributed by atoms with E-state index in [1.807, 2.05) is 6.07 Å². The quantitative estimate of drug-likeness (QED) is 0.591. The van der Waals surface area contributed by atoms with Gasteiger partial charge in [-0.15, -0.1) is 0 Å². The highest BCUT2D eigenvalue weighted by Crippen LogP contribution is 2.26. The van der Waals surface area contributed by atoms with E-state index in [0.717, 1.165) is 42.2 Å². The Morgan fingerprint density at radius 2 is 1.48 bits per heavy atom. The molecule has 1 N–H and O–H groups in total. The largest absolute Gasteiger partial charge is 0.368 e. The monoisotopic (exact) mass is 417 g/mol. The van der Waals surface area contributed by atoms with Gasteiger partial charge >= 0.3 is 0 Å². The first-order valence-electron chi connectivity index (χ1n) is 11.6. The number of nitrogens with one attached hydrogen (secondary N) is 1. The SMILES string of the molecule is Clc1ccc2c(c1)c(NCCCN1CCCCC1)nn2CCCN1CCCCC1. The summed E-state index contributed by atoms with van der Waals surface area (Å²) in [6, 6.07) is 6.15. The summed E-state index contributed by atoms with van der Waals surface area (Å²) in [5.74, 6) is 0.985. The predicted molar refractivity (Wildman–Crippen MR) is 123 cm³/mol. The molecule has 0 bridgehead atoms. The normalized spacial score (nSPS) is 19.1. The fraction of sp³-hybridized carbons (Fsp3) is 0.696. The molecule has 0 saturated carbocycles. The zero-order chi connectivity index (χ0) is 19.9. The Morgan fingerprint density at radius 3 is 2.17 bits per heavy atom. The van der Waals surface area contributed by atoms with E-state index in [1.54, 1.807) is 0 Å². The Morgan fingerprint density at radius 1 is 0.828 bits per heavy atom. The van der Waals surface area contributed by atoms with Crippen LogP contribution in [0, 0.1) is 0 Å². The molecule has 2 aromatic rings. The smallest absolute Gasteiger partial charge is 0.156 e. The molecule has 0 amide bonds. The number of hydrogen-bond donors (Lipinski definition) is 1. The van der Waals surface area contributed by atoms with Gasteiger partial charge in [0.05, 0.1) is 5.52 Å². The van der Waals surface area contributed by atoms with Crippen molar-refractivity contribution in [1.82, 2.24) is 19.6 Å². The molecule has 2 aliphatic rings. The van der Waals surface area contributed by atoms with Crippen molar-refractivity contribution in [3.8, 4) is 0 Å². The van der Waals surface area contributed by atoms with Crippen molar-refractivity contribution in [1.29, 1.82) is 0 Å². The van der Waals surface area contributed by atoms with Gasteiger partial charge in [0.1, 0.15) is 0 Å². The van der Waals surface area contributed by atoms with Crippen molar-refractivity contribution < 1.29 is 0 Å². The van der Waals surface area contributed by atoms with Crippen molar-refractivity contribution in [3.05, 3.63) is 23.2 Å². The topological polar surface area (TPSA) is 36.3 Å². The van der Waals surface area contributed by atoms with Crippen LogP contribution in [0.15, 0.2) is 18.2 Å². The van der Waals surface area contributed by atoms with Crippen LogP contribution in [0.3, 0.4) is 0 Å². The van der Waals surface area contributed by atoms with E-state index in [9.17, 15) is 0 Å². The summed E-state index contributed by atoms with van der Waals surface area (Å²) in [5.41, 5.74) is 1.19. The lowest BCUT2D eigenvalue weighted by molar-refractivity contribution is 0.222. The summed E-state index contributed by atoms with van der Waals surface area (Å²) < 4.78 is 2.17. The molecule has 6 heteroatoms. The van der Waals surface area contributed by atoms with Crippen molar-refractivity contribution in [3.63, 3.8) is 0 Å². The molecule has 1 aromatic carbocycles. The first-order chi connectivity index (χ1) is 14.3. The van der Waals surface area contributed by atoms with Crippen LogP contribution in [0.1, 0.15) is 51.4 Å². The Kier molecular flexibility index (Phi) is 7.69. The lowest BCUT2D eigenvalue weighted by Gasteiger charge is -2.26. The van der Waals surface area contributed by atoms with E-state index in [0.29, 0.717) is 0 Å². The van der Waals surface area contributed by atoms with Crippen LogP contribution < -0.4 is 5.32 Å². The van der Waals surface area contributed by atoms with Gasteiger partial charge in [0, 0.05) is 23.5 Å². The van der Waals surface area contributed by atoms with Crippen molar-refractivity contribution in [2.45, 2.75) is 57.9 Å². The van der Waals surface area contributed by atoms with E-state index in [-0.39, 0.29) is 0 Å². The highest BCUT2D eigenvalue weighted by molar-refractivity contribution is 6.31. The highest BCUT2D eigenvalue weighted by atomic mass is 35.5. The third-order valence-electron chi connectivity index (χ3n) is 6.40. The number of anilines is 1. The molecule has 0 unspecified atom stereocenters. The first-order valence-corrected chi connectivity index (χ1v) is 12.0. The second-order valence-electron chi connectivity index (χ2n) is 8.67. The Balaban J connectivity index is 1.33. The second kappa shape index (κ2) is 10.6. The number of aryl methyl sites for hydroxylation is 1. The molecular weight excluding hydrogens is 382 g/mol. The number of piperidine rings is 2. The van der Waals surface area contributed by atoms with Gasteiger partial charge in [0.15, 0.2) is 5.82 Å². The molecule has 29 heavy (non-hydrogen) atoms. The fourth-order valence-corrected chi connectivity index (χ4v) is 4.94. The van der Waals surface area contributed by atoms with Gasteiger partial charge in [-0.05, 0) is 96.0 Å². The van der Waals surface area contributed by atoms with Crippen LogP contribution in [0.2, 0.25) is 5.02 Å². The summed E-state index contributed by atoms with van der Waals surface area (Å²) >= 11 is 6.29. The first kappa shape index (κ1) is 21.0. The third-order valence-corrected chi connectivity index (χ3v) is 6.63. The van der Waals surface area contributed by atoms with E-state index in [1.165, 1.54) is 83.3 Å². The number of aromatic nitrogens is 2. The number of hydrogen-bond acceptors (Lipinski definition) is 4. The molecule has 5 nitrogen and oxygen atoms in total. The Bertz CT molecular complexity index is 762. The number of fused-ring (bicyclic) bond motifs is 1. The van der Waals surface area contributed by atoms with E-state index in [2.05, 4.69) is 31.9 Å². The standard InChI is InChI=1S/C23H36ClN5/c24-20-9-10-22-21(19-20)23(25-11-7-16-27-12-3-1-4-13-27)26-29(22)18-8-17-28-14-5-2-6-15-28/h9-10,19H,1-8,11-18H2,(H,25,26). The minimum atomic E-state index is 0.779. The van der Waals surface area contributed by atoms with E-state index >= 15 is 0 Å². The van der Waals surface area contributed by atoms with Crippen LogP contribution in [0.5, 0.6) is 0 Å². The molecule has 0 radical (unpaired) electrons. The van der Waals surface area contributed by atoms with Gasteiger partial charge in [0.2, 0.25) is 0 Å². The highest BCUT2D eigenvalue weighted by Gasteiger charge is 2.14. The van der Waals surface area contributed by atoms with Crippen molar-refractivity contribution in [2.24, 2.45) is 0 Å². The van der Waals surface area contributed by atoms with Gasteiger partial charge < -0.3 is 15.1 Å². The van der Waals surface area contributed by atoms with E-state index in [4.69, 9.17) is 16.7 Å². The van der Waals surface area contributed by atoms with Crippen LogP contribution >= 0.6 is 11.6 Å². The summed E-state index contributed by atoms with van der Waals surface area (Å²) in [6.45, 7) is 9.34. The molecule has 4 rings (SSSR count). The summed E-state index contributed by atoms with van der Waals surface area (Å²) in [6.07, 6.45) is 10.5. The number of nitrogens with zero attached hydrogens (tertiary/aromatic N) is 4. The zero-order valence-electron chi connectivity index (χ0n) is 17.7. The maximum absolute atomic E-state index is 6.29. The molecule has 160 valence electrons. The minimum absolute atomic E-state index is 0.779. The molecule has 0 spiro atoms. The van der Waals surface area contributed by atoms with Gasteiger partial charge in [-0.25, -0.2) is 0 Å². The molecule has 2 aliphatic heterocycles. The average molecular weight is 418 g/mol. The number of likely N-dealkylation sites (tertiary alicyclic amines) is 2. The zero-order valence-corrected chi connectivity index (χ0v) is 18.5. The Labute approximate surface area is 180 Å². The lowest BCUT2D eigenvalue weighted by Crippen LogP contribution is -2.31. The maximum atomic E-state index is 6.29. The van der Waals surface area contributed by atoms with Crippen LogP contribution in [0.25, 0.3) is 10.9 Å². The van der Waals surface area contributed by atoms with Gasteiger partial charge in [0.25, 0.3) is 0 Å². The van der Waals surface area contributed by atoms with Crippen LogP contribution in [-0.2, 0) is 6.54 Å². The molecule has 2 fully saturated rings. The van der Waals surface area contributed by atoms with Crippen LogP contribution in [0.4, 0.5) is 5.82 Å². The summed E-state index contributed by atoms with van der Waals surface area (Å²) in [4.78, 5) is 5.20. The number of halogens is 1. The predicted octanol–water partition coefficient (Wildman–Crippen LogP) is 4.85. The molecule has 0 atom stereocenters. The fourth-order valence-electron chi connectivity index (χ4n) is 4.77. The number of rotatable bonds is 9. The number of benzene rings is 1. The Hall–Kier alpha value is -1.30. The van der Waals surface area contributed by atoms with Gasteiger partial charge in [-0.3, -0.25) is 4.68 Å². The molecular formula is C23H36ClN5. The van der Waals surface area contributed by atoms with Gasteiger partial charge in [-0.2, -0.15) is 5.10 Å². The molecule has 2 saturated heterocycles. The average Bonchev–Trinajstić information content (AvgIpc) is 3.09. The molecule has 1 aromatic heterocycles. The molecule has 0 aliphatic carbocycles. The molecule has 3 heterocycles. The van der Waals surface area contributed by atoms with Crippen molar-refractivity contribution >= 4 is 28.3 Å². The second-order valence-corrected chi connectivity index (χ2v) is 9.11. The maximum Gasteiger partial charge on any atom is 0.156 e.